The predicted octanol–water partition coefficient (Wildman–Crippen LogP) is 4.03. The molecule has 1 heterocycles. The number of carboxylic acid groups (broad SMARTS) is 2. The maximum atomic E-state index is 13.6. The molecule has 12 N–H and O–H groups in total. The van der Waals surface area contributed by atoms with E-state index in [-0.39, 0.29) is 103 Å². The summed E-state index contributed by atoms with van der Waals surface area (Å²) in [5, 5.41) is 33.9. The van der Waals surface area contributed by atoms with Gasteiger partial charge >= 0.3 is 17.9 Å². The van der Waals surface area contributed by atoms with Crippen LogP contribution >= 0.6 is 0 Å². The van der Waals surface area contributed by atoms with Crippen molar-refractivity contribution in [3.63, 3.8) is 0 Å². The Morgan fingerprint density at radius 1 is 0.838 bits per heavy atom. The lowest BCUT2D eigenvalue weighted by molar-refractivity contribution is -0.250. The third-order valence-corrected chi connectivity index (χ3v) is 18.3. The highest BCUT2D eigenvalue weighted by atomic mass is 16.5. The number of carbonyl (C=O) groups excluding carboxylic acids is 3. The molecule has 5 saturated carbocycles. The van der Waals surface area contributed by atoms with Crippen LogP contribution in [-0.4, -0.2) is 98.1 Å². The van der Waals surface area contributed by atoms with Gasteiger partial charge in [0, 0.05) is 31.1 Å². The van der Waals surface area contributed by atoms with Gasteiger partial charge in [-0.2, -0.15) is 0 Å². The van der Waals surface area contributed by atoms with Crippen LogP contribution in [0.15, 0.2) is 28.3 Å². The van der Waals surface area contributed by atoms with Crippen LogP contribution in [0, 0.1) is 56.7 Å². The number of aromatic nitrogens is 3. The van der Waals surface area contributed by atoms with Crippen molar-refractivity contribution in [2.24, 2.45) is 89.6 Å². The second kappa shape index (κ2) is 20.4. The number of aryl methyl sites for hydroxylation is 1. The van der Waals surface area contributed by atoms with Gasteiger partial charge in [-0.3, -0.25) is 29.2 Å². The predicted molar refractivity (Wildman–Crippen MR) is 256 cm³/mol. The highest BCUT2D eigenvalue weighted by Crippen LogP contribution is 2.77. The Morgan fingerprint density at radius 3 is 2.12 bits per heavy atom. The van der Waals surface area contributed by atoms with Gasteiger partial charge in [0.15, 0.2) is 11.9 Å². The third-order valence-electron chi connectivity index (χ3n) is 18.3. The van der Waals surface area contributed by atoms with Crippen molar-refractivity contribution in [1.29, 1.82) is 0 Å². The Morgan fingerprint density at radius 2 is 1.50 bits per heavy atom. The molecule has 0 saturated heterocycles. The summed E-state index contributed by atoms with van der Waals surface area (Å²) >= 11 is 0. The average Bonchev–Trinajstić information content (AvgIpc) is 3.88. The zero-order chi connectivity index (χ0) is 50.0. The molecule has 12 atom stereocenters. The standard InChI is InChI=1S/C49H79N11O8/c1-28(2)30-16-21-49(42(66)67)23-22-47(6)31(39(30)49)13-14-35-46(5)19-18-36(45(3,4)34(46)17-20-48(35,47)7)68-38(62)15-12-29-26-60(59-58-29)27-37(61)56-32(10-8-24-54-43(50)51)40(63)57-33(41(64)65)11-9-25-55-44(52)53/h26,30-36,39H,1,8-25,27H2,2-7H3,(H,56,61)(H,57,63)(H,64,65)(H,66,67)(H4,50,51,54)(H4,52,53,55)/t30-,31+,32-,33-,34-,35+,36-,39+,46-,47+,48+,49-/m0/s1. The molecule has 6 rings (SSSR count). The topological polar surface area (TPSA) is 319 Å². The van der Waals surface area contributed by atoms with Gasteiger partial charge in [-0.1, -0.05) is 52.0 Å². The summed E-state index contributed by atoms with van der Waals surface area (Å²) in [4.78, 5) is 72.9. The van der Waals surface area contributed by atoms with Crippen LogP contribution in [0.1, 0.15) is 144 Å². The van der Waals surface area contributed by atoms with Crippen molar-refractivity contribution in [3.8, 4) is 0 Å². The molecule has 0 spiro atoms. The molecule has 0 aliphatic heterocycles. The smallest absolute Gasteiger partial charge is 0.326 e. The van der Waals surface area contributed by atoms with E-state index in [2.05, 4.69) is 79.1 Å². The molecule has 0 bridgehead atoms. The Labute approximate surface area is 400 Å². The lowest BCUT2D eigenvalue weighted by atomic mass is 9.32. The van der Waals surface area contributed by atoms with Crippen LogP contribution in [0.2, 0.25) is 0 Å². The molecule has 19 heteroatoms. The number of guanidine groups is 2. The number of nitrogens with zero attached hydrogens (tertiary/aromatic N) is 5. The van der Waals surface area contributed by atoms with Crippen molar-refractivity contribution >= 4 is 41.6 Å². The maximum absolute atomic E-state index is 13.6. The van der Waals surface area contributed by atoms with E-state index in [0.717, 1.165) is 69.8 Å². The zero-order valence-electron chi connectivity index (χ0n) is 41.2. The molecule has 19 nitrogen and oxygen atoms in total. The summed E-state index contributed by atoms with van der Waals surface area (Å²) in [5.41, 5.74) is 22.4. The van der Waals surface area contributed by atoms with E-state index in [1.807, 2.05) is 0 Å². The summed E-state index contributed by atoms with van der Waals surface area (Å²) in [6.45, 7) is 18.7. The number of ether oxygens (including phenoxy) is 1. The van der Waals surface area contributed by atoms with Crippen LogP contribution in [0.3, 0.4) is 0 Å². The van der Waals surface area contributed by atoms with Crippen molar-refractivity contribution in [1.82, 2.24) is 25.6 Å². The number of fused-ring (bicyclic) bond motifs is 7. The van der Waals surface area contributed by atoms with E-state index in [0.29, 0.717) is 36.3 Å². The molecule has 0 radical (unpaired) electrons. The minimum Gasteiger partial charge on any atom is -0.481 e. The van der Waals surface area contributed by atoms with E-state index in [9.17, 15) is 34.2 Å². The van der Waals surface area contributed by atoms with E-state index in [1.165, 1.54) is 4.68 Å². The fraction of sp³-hybridized carbons (Fsp3) is 0.776. The summed E-state index contributed by atoms with van der Waals surface area (Å²) in [7, 11) is 0. The second-order valence-corrected chi connectivity index (χ2v) is 22.3. The maximum Gasteiger partial charge on any atom is 0.326 e. The number of hydrogen-bond donors (Lipinski definition) is 8. The molecular formula is C49H79N11O8. The normalized spacial score (nSPS) is 33.1. The highest BCUT2D eigenvalue weighted by molar-refractivity contribution is 5.90. The molecule has 2 amide bonds. The number of nitrogens with two attached hydrogens (primary N) is 4. The lowest BCUT2D eigenvalue weighted by Crippen LogP contribution is -2.67. The fourth-order valence-electron chi connectivity index (χ4n) is 14.9. The first kappa shape index (κ1) is 52.1. The quantitative estimate of drug-likeness (QED) is 0.0301. The minimum atomic E-state index is -1.25. The Balaban J connectivity index is 1.03. The van der Waals surface area contributed by atoms with Crippen molar-refractivity contribution < 1.29 is 38.9 Å². The number of carboxylic acids is 2. The number of aliphatic imine (C=N–C) groups is 2. The molecule has 1 aromatic rings. The summed E-state index contributed by atoms with van der Waals surface area (Å²) in [6.07, 6.45) is 11.8. The van der Waals surface area contributed by atoms with Crippen molar-refractivity contribution in [2.45, 2.75) is 169 Å². The number of allylic oxidation sites excluding steroid dienone is 1. The molecular weight excluding hydrogens is 871 g/mol. The first-order valence-electron chi connectivity index (χ1n) is 24.8. The summed E-state index contributed by atoms with van der Waals surface area (Å²) < 4.78 is 7.65. The Kier molecular flexibility index (Phi) is 15.6. The van der Waals surface area contributed by atoms with Crippen LogP contribution < -0.4 is 33.6 Å². The molecule has 5 aliphatic carbocycles. The molecule has 5 aliphatic rings. The number of nitrogens with one attached hydrogen (secondary N) is 2. The Bertz CT molecular complexity index is 2130. The average molecular weight is 950 g/mol. The largest absolute Gasteiger partial charge is 0.481 e. The number of rotatable bonds is 20. The van der Waals surface area contributed by atoms with Crippen LogP contribution in [0.4, 0.5) is 0 Å². The number of amides is 2. The van der Waals surface area contributed by atoms with Crippen molar-refractivity contribution in [3.05, 3.63) is 24.0 Å². The molecule has 0 unspecified atom stereocenters. The monoisotopic (exact) mass is 950 g/mol. The van der Waals surface area contributed by atoms with Crippen molar-refractivity contribution in [2.75, 3.05) is 13.1 Å². The molecule has 68 heavy (non-hydrogen) atoms. The van der Waals surface area contributed by atoms with Crippen LogP contribution in [0.5, 0.6) is 0 Å². The van der Waals surface area contributed by atoms with E-state index < -0.39 is 41.3 Å². The number of hydrogen-bond acceptors (Lipinski definition) is 10. The van der Waals surface area contributed by atoms with Crippen LogP contribution in [-0.2, 0) is 41.7 Å². The van der Waals surface area contributed by atoms with E-state index in [1.54, 1.807) is 6.20 Å². The van der Waals surface area contributed by atoms with Gasteiger partial charge in [0.05, 0.1) is 17.5 Å². The summed E-state index contributed by atoms with van der Waals surface area (Å²) in [5.74, 6) is -2.10. The Hall–Kier alpha value is -5.23. The fourth-order valence-corrected chi connectivity index (χ4v) is 14.9. The highest BCUT2D eigenvalue weighted by Gasteiger charge is 2.72. The molecule has 0 aromatic carbocycles. The second-order valence-electron chi connectivity index (χ2n) is 22.3. The third kappa shape index (κ3) is 10.2. The minimum absolute atomic E-state index is 0.0327. The molecule has 5 fully saturated rings. The number of carbonyl (C=O) groups is 5. The van der Waals surface area contributed by atoms with Gasteiger partial charge < -0.3 is 48.5 Å². The van der Waals surface area contributed by atoms with Crippen LogP contribution in [0.25, 0.3) is 0 Å². The van der Waals surface area contributed by atoms with Gasteiger partial charge in [-0.05, 0) is 143 Å². The van der Waals surface area contributed by atoms with E-state index >= 15 is 0 Å². The SMILES string of the molecule is C=C(C)[C@@H]1CC[C@]2(C(=O)O)CC[C@]3(C)[C@H](CC[C@@H]4[C@@]5(C)CC[C@H](OC(=O)CCc6cn(CC(=O)N[C@@H](CCCN=C(N)N)C(=O)N[C@@H](CCCN=C(N)N)C(=O)O)nn6)C(C)(C)[C@@H]5CC[C@]43C)[C@@H]12. The first-order valence-corrected chi connectivity index (χ1v) is 24.8. The van der Waals surface area contributed by atoms with Gasteiger partial charge in [0.1, 0.15) is 24.7 Å². The zero-order valence-corrected chi connectivity index (χ0v) is 41.2. The summed E-state index contributed by atoms with van der Waals surface area (Å²) in [6, 6.07) is -2.35. The molecule has 1 aromatic heterocycles. The molecule has 378 valence electrons. The van der Waals surface area contributed by atoms with Gasteiger partial charge in [0.25, 0.3) is 0 Å². The van der Waals surface area contributed by atoms with E-state index in [4.69, 9.17) is 27.7 Å². The van der Waals surface area contributed by atoms with Gasteiger partial charge in [-0.25, -0.2) is 9.48 Å². The van der Waals surface area contributed by atoms with Gasteiger partial charge in [-0.15, -0.1) is 5.10 Å². The lowest BCUT2D eigenvalue weighted by Gasteiger charge is -2.72. The first-order chi connectivity index (χ1) is 31.9. The van der Waals surface area contributed by atoms with Gasteiger partial charge in [0.2, 0.25) is 11.8 Å². The number of esters is 1. The number of aliphatic carboxylic acids is 2.